The number of amides is 2. The van der Waals surface area contributed by atoms with Crippen LogP contribution in [0.2, 0.25) is 0 Å². The zero-order valence-electron chi connectivity index (χ0n) is 17.1. The third-order valence-electron chi connectivity index (χ3n) is 6.09. The van der Waals surface area contributed by atoms with Crippen molar-refractivity contribution < 1.29 is 9.59 Å². The van der Waals surface area contributed by atoms with Gasteiger partial charge in [0.2, 0.25) is 0 Å². The predicted molar refractivity (Wildman–Crippen MR) is 113 cm³/mol. The molecule has 2 amide bonds. The van der Waals surface area contributed by atoms with Gasteiger partial charge in [-0.2, -0.15) is 0 Å². The fourth-order valence-corrected chi connectivity index (χ4v) is 4.51. The highest BCUT2D eigenvalue weighted by atomic mass is 16.2. The minimum absolute atomic E-state index is 0.0533. The molecule has 1 atom stereocenters. The summed E-state index contributed by atoms with van der Waals surface area (Å²) in [5, 5.41) is 0. The Labute approximate surface area is 175 Å². The summed E-state index contributed by atoms with van der Waals surface area (Å²) >= 11 is 0. The first-order valence-electron chi connectivity index (χ1n) is 10.6. The van der Waals surface area contributed by atoms with E-state index in [0.717, 1.165) is 30.7 Å². The zero-order chi connectivity index (χ0) is 20.7. The SMILES string of the molecule is C[C@H]1CCCN(C(=O)c2ccc3c(c2)nc2n3CCN(Cc3ccccn3)C2=O)C1. The van der Waals surface area contributed by atoms with Gasteiger partial charge in [-0.05, 0) is 49.1 Å². The van der Waals surface area contributed by atoms with Crippen molar-refractivity contribution in [3.8, 4) is 0 Å². The van der Waals surface area contributed by atoms with Crippen molar-refractivity contribution >= 4 is 22.8 Å². The van der Waals surface area contributed by atoms with Gasteiger partial charge in [0, 0.05) is 37.9 Å². The number of aromatic nitrogens is 3. The molecule has 0 saturated carbocycles. The summed E-state index contributed by atoms with van der Waals surface area (Å²) in [4.78, 5) is 38.6. The Balaban J connectivity index is 1.41. The zero-order valence-corrected chi connectivity index (χ0v) is 17.1. The quantitative estimate of drug-likeness (QED) is 0.674. The van der Waals surface area contributed by atoms with Crippen molar-refractivity contribution in [2.24, 2.45) is 5.92 Å². The number of pyridine rings is 1. The lowest BCUT2D eigenvalue weighted by atomic mass is 9.99. The first-order chi connectivity index (χ1) is 14.6. The topological polar surface area (TPSA) is 71.3 Å². The molecule has 4 heterocycles. The summed E-state index contributed by atoms with van der Waals surface area (Å²) in [7, 11) is 0. The van der Waals surface area contributed by atoms with Crippen LogP contribution in [-0.4, -0.2) is 55.8 Å². The highest BCUT2D eigenvalue weighted by Gasteiger charge is 2.29. The molecule has 30 heavy (non-hydrogen) atoms. The van der Waals surface area contributed by atoms with E-state index >= 15 is 0 Å². The molecule has 5 rings (SSSR count). The smallest absolute Gasteiger partial charge is 0.290 e. The van der Waals surface area contributed by atoms with Crippen LogP contribution in [0, 0.1) is 5.92 Å². The fraction of sp³-hybridized carbons (Fsp3) is 0.391. The monoisotopic (exact) mass is 403 g/mol. The van der Waals surface area contributed by atoms with Crippen LogP contribution in [0.25, 0.3) is 11.0 Å². The Kier molecular flexibility index (Phi) is 4.73. The normalized spacial score (nSPS) is 19.2. The molecule has 3 aromatic rings. The first kappa shape index (κ1) is 18.8. The maximum Gasteiger partial charge on any atom is 0.290 e. The molecule has 0 unspecified atom stereocenters. The number of carbonyl (C=O) groups excluding carboxylic acids is 2. The van der Waals surface area contributed by atoms with Crippen molar-refractivity contribution in [3.63, 3.8) is 0 Å². The summed E-state index contributed by atoms with van der Waals surface area (Å²) in [6.07, 6.45) is 3.96. The lowest BCUT2D eigenvalue weighted by Gasteiger charge is -2.31. The maximum absolute atomic E-state index is 13.0. The highest BCUT2D eigenvalue weighted by molar-refractivity contribution is 6.00. The van der Waals surface area contributed by atoms with Crippen LogP contribution in [-0.2, 0) is 13.1 Å². The van der Waals surface area contributed by atoms with Crippen molar-refractivity contribution in [2.45, 2.75) is 32.9 Å². The first-order valence-corrected chi connectivity index (χ1v) is 10.6. The number of rotatable bonds is 3. The van der Waals surface area contributed by atoms with Crippen LogP contribution in [0.15, 0.2) is 42.6 Å². The Bertz CT molecular complexity index is 1110. The number of hydrogen-bond acceptors (Lipinski definition) is 4. The molecule has 2 aromatic heterocycles. The number of hydrogen-bond donors (Lipinski definition) is 0. The van der Waals surface area contributed by atoms with Crippen LogP contribution in [0.1, 0.15) is 46.4 Å². The average molecular weight is 403 g/mol. The van der Waals surface area contributed by atoms with E-state index in [9.17, 15) is 9.59 Å². The molecule has 0 spiro atoms. The van der Waals surface area contributed by atoms with Crippen LogP contribution in [0.5, 0.6) is 0 Å². The minimum atomic E-state index is -0.0964. The van der Waals surface area contributed by atoms with Crippen LogP contribution < -0.4 is 0 Å². The Morgan fingerprint density at radius 1 is 1.17 bits per heavy atom. The van der Waals surface area contributed by atoms with Crippen molar-refractivity contribution in [1.29, 1.82) is 0 Å². The number of carbonyl (C=O) groups is 2. The van der Waals surface area contributed by atoms with Gasteiger partial charge in [-0.3, -0.25) is 14.6 Å². The summed E-state index contributed by atoms with van der Waals surface area (Å²) in [6.45, 7) is 5.56. The van der Waals surface area contributed by atoms with E-state index in [4.69, 9.17) is 0 Å². The highest BCUT2D eigenvalue weighted by Crippen LogP contribution is 2.24. The lowest BCUT2D eigenvalue weighted by Crippen LogP contribution is -2.40. The summed E-state index contributed by atoms with van der Waals surface area (Å²) in [5.41, 5.74) is 3.11. The standard InChI is InChI=1S/C23H25N5O2/c1-16-5-4-10-26(14-16)22(29)17-7-8-20-19(13-17)25-21-23(30)27(11-12-28(20)21)15-18-6-2-3-9-24-18/h2-3,6-9,13,16H,4-5,10-12,14-15H2,1H3/t16-/m0/s1. The third-order valence-corrected chi connectivity index (χ3v) is 6.09. The van der Waals surface area contributed by atoms with Crippen LogP contribution >= 0.6 is 0 Å². The molecule has 0 radical (unpaired) electrons. The maximum atomic E-state index is 13.0. The molecule has 7 heteroatoms. The molecule has 0 aliphatic carbocycles. The van der Waals surface area contributed by atoms with Crippen molar-refractivity contribution in [3.05, 3.63) is 59.7 Å². The number of nitrogens with zero attached hydrogens (tertiary/aromatic N) is 5. The van der Waals surface area contributed by atoms with Crippen LogP contribution in [0.3, 0.4) is 0 Å². The van der Waals surface area contributed by atoms with Gasteiger partial charge in [-0.1, -0.05) is 13.0 Å². The Hall–Kier alpha value is -3.22. The number of imidazole rings is 1. The molecule has 0 N–H and O–H groups in total. The van der Waals surface area contributed by atoms with Crippen molar-refractivity contribution in [2.75, 3.05) is 19.6 Å². The van der Waals surface area contributed by atoms with Gasteiger partial charge in [-0.15, -0.1) is 0 Å². The molecule has 2 aliphatic heterocycles. The Morgan fingerprint density at radius 3 is 2.87 bits per heavy atom. The van der Waals surface area contributed by atoms with E-state index in [1.165, 1.54) is 6.42 Å². The number of fused-ring (bicyclic) bond motifs is 3. The second kappa shape index (κ2) is 7.55. The van der Waals surface area contributed by atoms with E-state index < -0.39 is 0 Å². The third kappa shape index (κ3) is 3.34. The Morgan fingerprint density at radius 2 is 2.07 bits per heavy atom. The van der Waals surface area contributed by atoms with Gasteiger partial charge in [0.15, 0.2) is 5.82 Å². The van der Waals surface area contributed by atoms with Crippen LogP contribution in [0.4, 0.5) is 0 Å². The molecular weight excluding hydrogens is 378 g/mol. The predicted octanol–water partition coefficient (Wildman–Crippen LogP) is 2.96. The van der Waals surface area contributed by atoms with E-state index in [-0.39, 0.29) is 11.8 Å². The average Bonchev–Trinajstić information content (AvgIpc) is 3.14. The van der Waals surface area contributed by atoms with Gasteiger partial charge in [0.1, 0.15) is 0 Å². The van der Waals surface area contributed by atoms with E-state index in [0.29, 0.717) is 42.5 Å². The molecule has 2 aliphatic rings. The molecule has 0 bridgehead atoms. The molecular formula is C23H25N5O2. The van der Waals surface area contributed by atoms with Gasteiger partial charge in [0.05, 0.1) is 23.3 Å². The lowest BCUT2D eigenvalue weighted by molar-refractivity contribution is 0.0676. The summed E-state index contributed by atoms with van der Waals surface area (Å²) < 4.78 is 1.96. The molecule has 1 aromatic carbocycles. The number of benzene rings is 1. The van der Waals surface area contributed by atoms with E-state index in [1.54, 1.807) is 11.1 Å². The largest absolute Gasteiger partial charge is 0.338 e. The van der Waals surface area contributed by atoms with Gasteiger partial charge in [0.25, 0.3) is 11.8 Å². The van der Waals surface area contributed by atoms with Gasteiger partial charge in [-0.25, -0.2) is 4.98 Å². The summed E-state index contributed by atoms with van der Waals surface area (Å²) in [6, 6.07) is 11.3. The molecule has 1 saturated heterocycles. The van der Waals surface area contributed by atoms with E-state index in [1.807, 2.05) is 45.9 Å². The van der Waals surface area contributed by atoms with E-state index in [2.05, 4.69) is 16.9 Å². The molecule has 1 fully saturated rings. The number of likely N-dealkylation sites (tertiary alicyclic amines) is 1. The van der Waals surface area contributed by atoms with Crippen molar-refractivity contribution in [1.82, 2.24) is 24.3 Å². The molecule has 154 valence electrons. The summed E-state index contributed by atoms with van der Waals surface area (Å²) in [5.74, 6) is 0.927. The second-order valence-electron chi connectivity index (χ2n) is 8.34. The second-order valence-corrected chi connectivity index (χ2v) is 8.34. The minimum Gasteiger partial charge on any atom is -0.338 e. The number of piperidine rings is 1. The molecule has 7 nitrogen and oxygen atoms in total. The fourth-order valence-electron chi connectivity index (χ4n) is 4.51. The van der Waals surface area contributed by atoms with Gasteiger partial charge >= 0.3 is 0 Å². The van der Waals surface area contributed by atoms with Gasteiger partial charge < -0.3 is 14.4 Å².